The van der Waals surface area contributed by atoms with E-state index in [0.29, 0.717) is 16.8 Å². The van der Waals surface area contributed by atoms with Crippen molar-refractivity contribution >= 4 is 33.2 Å². The van der Waals surface area contributed by atoms with Crippen LogP contribution in [0.4, 0.5) is 14.9 Å². The average Bonchev–Trinajstić information content (AvgIpc) is 2.54. The summed E-state index contributed by atoms with van der Waals surface area (Å²) in [4.78, 5) is 12.9. The number of nitrogens with zero attached hydrogens (tertiary/aromatic N) is 1. The van der Waals surface area contributed by atoms with Crippen LogP contribution in [0.15, 0.2) is 41.3 Å². The molecule has 5 nitrogen and oxygen atoms in total. The van der Waals surface area contributed by atoms with Crippen molar-refractivity contribution in [1.29, 1.82) is 0 Å². The number of carbonyl (C=O) groups excluding carboxylic acids is 1. The van der Waals surface area contributed by atoms with Crippen LogP contribution >= 0.6 is 11.6 Å². The third-order valence-electron chi connectivity index (χ3n) is 3.74. The number of carbonyl (C=O) groups is 1. The lowest BCUT2D eigenvalue weighted by Gasteiger charge is -2.25. The Morgan fingerprint density at radius 3 is 2.71 bits per heavy atom. The van der Waals surface area contributed by atoms with Crippen molar-refractivity contribution in [3.05, 3.63) is 58.4 Å². The summed E-state index contributed by atoms with van der Waals surface area (Å²) < 4.78 is 43.3. The van der Waals surface area contributed by atoms with Gasteiger partial charge in [-0.2, -0.15) is 0 Å². The summed E-state index contributed by atoms with van der Waals surface area (Å²) in [6.45, 7) is 0.0181. The highest BCUT2D eigenvalue weighted by atomic mass is 35.5. The molecule has 2 aromatic rings. The van der Waals surface area contributed by atoms with Gasteiger partial charge in [0.15, 0.2) is 9.84 Å². The van der Waals surface area contributed by atoms with Gasteiger partial charge in [0, 0.05) is 12.6 Å². The number of hydrogen-bond acceptors (Lipinski definition) is 4. The van der Waals surface area contributed by atoms with E-state index in [1.165, 1.54) is 29.2 Å². The molecule has 0 saturated heterocycles. The minimum absolute atomic E-state index is 0.0181. The zero-order chi connectivity index (χ0) is 17.5. The van der Waals surface area contributed by atoms with E-state index in [2.05, 4.69) is 0 Å². The lowest BCUT2D eigenvalue weighted by molar-refractivity contribution is 0.143. The van der Waals surface area contributed by atoms with Crippen LogP contribution in [0, 0.1) is 5.82 Å². The van der Waals surface area contributed by atoms with Crippen LogP contribution in [-0.2, 0) is 26.9 Å². The summed E-state index contributed by atoms with van der Waals surface area (Å²) >= 11 is 5.69. The molecule has 0 unspecified atom stereocenters. The van der Waals surface area contributed by atoms with Crippen molar-refractivity contribution in [2.75, 3.05) is 11.9 Å². The van der Waals surface area contributed by atoms with Gasteiger partial charge in [-0.1, -0.05) is 17.7 Å². The molecule has 24 heavy (non-hydrogen) atoms. The first-order valence-electron chi connectivity index (χ1n) is 6.98. The van der Waals surface area contributed by atoms with E-state index in [4.69, 9.17) is 16.3 Å². The van der Waals surface area contributed by atoms with E-state index >= 15 is 0 Å². The highest BCUT2D eigenvalue weighted by Gasteiger charge is 2.25. The van der Waals surface area contributed by atoms with E-state index in [1.807, 2.05) is 0 Å². The van der Waals surface area contributed by atoms with Crippen molar-refractivity contribution in [1.82, 2.24) is 0 Å². The summed E-state index contributed by atoms with van der Waals surface area (Å²) in [7, 11) is -2.10. The molecule has 0 radical (unpaired) electrons. The van der Waals surface area contributed by atoms with Crippen LogP contribution < -0.4 is 4.90 Å². The SMILES string of the molecule is CN1C(=O)OCc2cc(S(=O)(=O)Cc3ccc(F)c(Cl)c3)ccc21. The molecule has 2 aromatic carbocycles. The van der Waals surface area contributed by atoms with Crippen molar-refractivity contribution in [3.63, 3.8) is 0 Å². The molecular weight excluding hydrogens is 357 g/mol. The number of amides is 1. The van der Waals surface area contributed by atoms with Gasteiger partial charge in [-0.3, -0.25) is 4.90 Å². The maximum Gasteiger partial charge on any atom is 0.414 e. The molecule has 126 valence electrons. The number of ether oxygens (including phenoxy) is 1. The fourth-order valence-corrected chi connectivity index (χ4v) is 4.05. The van der Waals surface area contributed by atoms with Gasteiger partial charge in [0.1, 0.15) is 12.4 Å². The fourth-order valence-electron chi connectivity index (χ4n) is 2.46. The van der Waals surface area contributed by atoms with Gasteiger partial charge in [0.2, 0.25) is 0 Å². The predicted octanol–water partition coefficient (Wildman–Crippen LogP) is 3.54. The van der Waals surface area contributed by atoms with E-state index in [0.717, 1.165) is 6.07 Å². The first kappa shape index (κ1) is 16.7. The lowest BCUT2D eigenvalue weighted by Crippen LogP contribution is -2.31. The second-order valence-corrected chi connectivity index (χ2v) is 7.81. The molecule has 1 heterocycles. The van der Waals surface area contributed by atoms with Gasteiger partial charge in [-0.25, -0.2) is 17.6 Å². The number of fused-ring (bicyclic) bond motifs is 1. The number of hydrogen-bond donors (Lipinski definition) is 0. The molecule has 0 spiro atoms. The molecule has 1 amide bonds. The second-order valence-electron chi connectivity index (χ2n) is 5.41. The second kappa shape index (κ2) is 6.07. The number of sulfone groups is 1. The summed E-state index contributed by atoms with van der Waals surface area (Å²) in [5.41, 5.74) is 1.60. The molecule has 1 aliphatic rings. The normalized spacial score (nSPS) is 14.3. The minimum Gasteiger partial charge on any atom is -0.444 e. The molecule has 0 aromatic heterocycles. The Kier molecular flexibility index (Phi) is 4.23. The number of rotatable bonds is 3. The number of benzene rings is 2. The Bertz CT molecular complexity index is 930. The Morgan fingerprint density at radius 2 is 2.00 bits per heavy atom. The molecule has 1 aliphatic heterocycles. The smallest absolute Gasteiger partial charge is 0.414 e. The topological polar surface area (TPSA) is 63.7 Å². The molecule has 0 aliphatic carbocycles. The number of halogens is 2. The maximum atomic E-state index is 13.2. The van der Waals surface area contributed by atoms with Crippen LogP contribution in [0.25, 0.3) is 0 Å². The summed E-state index contributed by atoms with van der Waals surface area (Å²) in [5.74, 6) is -0.905. The van der Waals surface area contributed by atoms with Gasteiger partial charge in [-0.05, 0) is 35.9 Å². The standard InChI is InChI=1S/C16H13ClFNO4S/c1-19-15-5-3-12(7-11(15)8-23-16(19)20)24(21,22)9-10-2-4-14(18)13(17)6-10/h2-7H,8-9H2,1H3. The maximum absolute atomic E-state index is 13.2. The Balaban J connectivity index is 1.93. The van der Waals surface area contributed by atoms with E-state index in [-0.39, 0.29) is 22.3 Å². The van der Waals surface area contributed by atoms with Crippen LogP contribution in [0.1, 0.15) is 11.1 Å². The third-order valence-corrected chi connectivity index (χ3v) is 5.71. The van der Waals surface area contributed by atoms with Gasteiger partial charge in [-0.15, -0.1) is 0 Å². The first-order valence-corrected chi connectivity index (χ1v) is 9.01. The summed E-state index contributed by atoms with van der Waals surface area (Å²) in [6.07, 6.45) is -0.487. The molecule has 0 N–H and O–H groups in total. The minimum atomic E-state index is -3.65. The van der Waals surface area contributed by atoms with E-state index in [1.54, 1.807) is 13.1 Å². The van der Waals surface area contributed by atoms with Gasteiger partial charge >= 0.3 is 6.09 Å². The van der Waals surface area contributed by atoms with E-state index in [9.17, 15) is 17.6 Å². The monoisotopic (exact) mass is 369 g/mol. The summed E-state index contributed by atoms with van der Waals surface area (Å²) in [5, 5.41) is -0.123. The van der Waals surface area contributed by atoms with Crippen molar-refractivity contribution in [3.8, 4) is 0 Å². The molecule has 0 saturated carbocycles. The molecule has 3 rings (SSSR count). The zero-order valence-corrected chi connectivity index (χ0v) is 14.2. The Morgan fingerprint density at radius 1 is 1.25 bits per heavy atom. The molecule has 0 fully saturated rings. The van der Waals surface area contributed by atoms with Crippen LogP contribution in [0.5, 0.6) is 0 Å². The third kappa shape index (κ3) is 3.09. The van der Waals surface area contributed by atoms with Crippen molar-refractivity contribution in [2.45, 2.75) is 17.3 Å². The molecule has 0 atom stereocenters. The van der Waals surface area contributed by atoms with Gasteiger partial charge in [0.05, 0.1) is 21.4 Å². The molecular formula is C16H13ClFNO4S. The van der Waals surface area contributed by atoms with Crippen LogP contribution in [0.2, 0.25) is 5.02 Å². The van der Waals surface area contributed by atoms with Crippen LogP contribution in [0.3, 0.4) is 0 Å². The number of anilines is 1. The highest BCUT2D eigenvalue weighted by molar-refractivity contribution is 7.90. The largest absolute Gasteiger partial charge is 0.444 e. The van der Waals surface area contributed by atoms with Gasteiger partial charge < -0.3 is 4.74 Å². The van der Waals surface area contributed by atoms with Crippen LogP contribution in [-0.4, -0.2) is 21.6 Å². The quantitative estimate of drug-likeness (QED) is 0.830. The van der Waals surface area contributed by atoms with Crippen molar-refractivity contribution in [2.24, 2.45) is 0 Å². The zero-order valence-electron chi connectivity index (χ0n) is 12.6. The fraction of sp³-hybridized carbons (Fsp3) is 0.188. The summed E-state index contributed by atoms with van der Waals surface area (Å²) in [6, 6.07) is 8.30. The van der Waals surface area contributed by atoms with Gasteiger partial charge in [0.25, 0.3) is 0 Å². The average molecular weight is 370 g/mol. The Labute approximate surface area is 143 Å². The Hall–Kier alpha value is -2.12. The van der Waals surface area contributed by atoms with E-state index < -0.39 is 21.7 Å². The highest BCUT2D eigenvalue weighted by Crippen LogP contribution is 2.29. The predicted molar refractivity (Wildman–Crippen MR) is 87.3 cm³/mol. The first-order chi connectivity index (χ1) is 11.3. The number of cyclic esters (lactones) is 1. The molecule has 0 bridgehead atoms. The molecule has 8 heteroatoms. The lowest BCUT2D eigenvalue weighted by atomic mass is 10.1. The van der Waals surface area contributed by atoms with Crippen molar-refractivity contribution < 1.29 is 22.3 Å².